The zero-order valence-corrected chi connectivity index (χ0v) is 28.1. The van der Waals surface area contributed by atoms with Crippen LogP contribution in [0, 0.1) is 13.8 Å². The van der Waals surface area contributed by atoms with E-state index in [4.69, 9.17) is 0 Å². The molecular weight excluding hydrogens is 610 g/mol. The predicted molar refractivity (Wildman–Crippen MR) is 202 cm³/mol. The smallest absolute Gasteiger partial charge is 0.208 e. The highest BCUT2D eigenvalue weighted by molar-refractivity contribution is 6.05. The zero-order valence-electron chi connectivity index (χ0n) is 28.1. The number of phenols is 5. The molecule has 0 unspecified atom stereocenters. The first-order valence-electron chi connectivity index (χ1n) is 16.3. The lowest BCUT2D eigenvalue weighted by molar-refractivity contribution is 0.330. The molecule has 0 saturated heterocycles. The number of rotatable bonds is 5. The molecule has 7 aromatic rings. The zero-order chi connectivity index (χ0) is 35.0. The molecule has 0 aliphatic carbocycles. The van der Waals surface area contributed by atoms with E-state index in [1.165, 1.54) is 21.9 Å². The van der Waals surface area contributed by atoms with E-state index < -0.39 is 28.7 Å². The highest BCUT2D eigenvalue weighted by Gasteiger charge is 2.24. The fourth-order valence-corrected chi connectivity index (χ4v) is 6.76. The van der Waals surface area contributed by atoms with Crippen molar-refractivity contribution in [3.63, 3.8) is 0 Å². The number of para-hydroxylation sites is 1. The molecule has 0 amide bonds. The predicted octanol–water partition coefficient (Wildman–Crippen LogP) is 10.9. The van der Waals surface area contributed by atoms with Gasteiger partial charge in [0.2, 0.25) is 17.2 Å². The van der Waals surface area contributed by atoms with Gasteiger partial charge in [0.1, 0.15) is 0 Å². The number of aromatic hydroxyl groups is 5. The SMILES string of the molecule is CC.CNc1ccccc1-c1cc2ccccc2c(C)c1-c1ccc2ccc(-c3cccc(-c4c(O)c(O)c(O)c(O)c4O)c3)cc2c1C. The quantitative estimate of drug-likeness (QED) is 0.0817. The van der Waals surface area contributed by atoms with Crippen LogP contribution in [0.15, 0.2) is 109 Å². The lowest BCUT2D eigenvalue weighted by atomic mass is 9.84. The van der Waals surface area contributed by atoms with Gasteiger partial charge in [-0.1, -0.05) is 98.8 Å². The molecule has 0 bridgehead atoms. The molecule has 6 heteroatoms. The summed E-state index contributed by atoms with van der Waals surface area (Å²) in [6.45, 7) is 8.34. The van der Waals surface area contributed by atoms with E-state index in [1.54, 1.807) is 18.2 Å². The van der Waals surface area contributed by atoms with Crippen molar-refractivity contribution in [3.8, 4) is 73.3 Å². The van der Waals surface area contributed by atoms with Crippen LogP contribution in [-0.4, -0.2) is 32.6 Å². The van der Waals surface area contributed by atoms with Crippen molar-refractivity contribution in [1.82, 2.24) is 0 Å². The molecule has 0 fully saturated rings. The molecule has 0 aromatic heterocycles. The summed E-state index contributed by atoms with van der Waals surface area (Å²) < 4.78 is 0. The van der Waals surface area contributed by atoms with Crippen molar-refractivity contribution in [2.75, 3.05) is 12.4 Å². The summed E-state index contributed by atoms with van der Waals surface area (Å²) in [5.41, 5.74) is 9.85. The Balaban J connectivity index is 0.00000205. The third kappa shape index (κ3) is 5.51. The third-order valence-electron chi connectivity index (χ3n) is 9.21. The minimum atomic E-state index is -0.986. The Kier molecular flexibility index (Phi) is 8.81. The van der Waals surface area contributed by atoms with Gasteiger partial charge in [0.15, 0.2) is 11.5 Å². The van der Waals surface area contributed by atoms with Crippen molar-refractivity contribution in [2.45, 2.75) is 27.7 Å². The van der Waals surface area contributed by atoms with Crippen LogP contribution in [-0.2, 0) is 0 Å². The van der Waals surface area contributed by atoms with Gasteiger partial charge < -0.3 is 30.8 Å². The van der Waals surface area contributed by atoms with Gasteiger partial charge in [-0.25, -0.2) is 0 Å². The second-order valence-electron chi connectivity index (χ2n) is 11.8. The number of hydrogen-bond donors (Lipinski definition) is 6. The summed E-state index contributed by atoms with van der Waals surface area (Å²) in [5.74, 6) is -4.25. The van der Waals surface area contributed by atoms with Crippen LogP contribution >= 0.6 is 0 Å². The molecule has 246 valence electrons. The molecule has 0 saturated carbocycles. The van der Waals surface area contributed by atoms with Crippen LogP contribution in [0.1, 0.15) is 25.0 Å². The summed E-state index contributed by atoms with van der Waals surface area (Å²) in [6, 6.07) is 36.8. The van der Waals surface area contributed by atoms with Crippen molar-refractivity contribution < 1.29 is 25.5 Å². The number of benzene rings is 7. The van der Waals surface area contributed by atoms with Crippen LogP contribution in [0.4, 0.5) is 5.69 Å². The van der Waals surface area contributed by atoms with Gasteiger partial charge in [0, 0.05) is 18.3 Å². The molecule has 49 heavy (non-hydrogen) atoms. The summed E-state index contributed by atoms with van der Waals surface area (Å²) in [5, 5.41) is 59.2. The first-order chi connectivity index (χ1) is 23.7. The van der Waals surface area contributed by atoms with Crippen LogP contribution in [0.2, 0.25) is 0 Å². The first kappa shape index (κ1) is 32.8. The highest BCUT2D eigenvalue weighted by Crippen LogP contribution is 2.55. The van der Waals surface area contributed by atoms with Gasteiger partial charge in [-0.3, -0.25) is 0 Å². The van der Waals surface area contributed by atoms with Crippen molar-refractivity contribution in [3.05, 3.63) is 120 Å². The molecule has 0 radical (unpaired) electrons. The van der Waals surface area contributed by atoms with Gasteiger partial charge in [0.25, 0.3) is 0 Å². The molecule has 0 atom stereocenters. The summed E-state index contributed by atoms with van der Waals surface area (Å²) >= 11 is 0. The minimum Gasteiger partial charge on any atom is -0.504 e. The Hall–Kier alpha value is -6.14. The Labute approximate surface area is 285 Å². The minimum absolute atomic E-state index is 0.180. The monoisotopic (exact) mass is 649 g/mol. The van der Waals surface area contributed by atoms with E-state index in [0.29, 0.717) is 5.56 Å². The van der Waals surface area contributed by atoms with Crippen LogP contribution in [0.25, 0.3) is 66.1 Å². The number of nitrogens with one attached hydrogen (secondary N) is 1. The summed E-state index contributed by atoms with van der Waals surface area (Å²) in [6.07, 6.45) is 0. The molecule has 7 rings (SSSR count). The van der Waals surface area contributed by atoms with E-state index >= 15 is 0 Å². The normalized spacial score (nSPS) is 11.0. The molecule has 0 spiro atoms. The lowest BCUT2D eigenvalue weighted by Crippen LogP contribution is -1.97. The topological polar surface area (TPSA) is 113 Å². The van der Waals surface area contributed by atoms with Gasteiger partial charge in [0.05, 0.1) is 5.56 Å². The van der Waals surface area contributed by atoms with Gasteiger partial charge in [-0.15, -0.1) is 0 Å². The Morgan fingerprint density at radius 2 is 1.04 bits per heavy atom. The molecule has 6 N–H and O–H groups in total. The maximum Gasteiger partial charge on any atom is 0.208 e. The molecule has 0 heterocycles. The average molecular weight is 650 g/mol. The maximum atomic E-state index is 10.6. The van der Waals surface area contributed by atoms with E-state index in [-0.39, 0.29) is 5.56 Å². The average Bonchev–Trinajstić information content (AvgIpc) is 3.14. The number of anilines is 1. The van der Waals surface area contributed by atoms with Crippen LogP contribution in [0.3, 0.4) is 0 Å². The van der Waals surface area contributed by atoms with Crippen molar-refractivity contribution in [2.24, 2.45) is 0 Å². The van der Waals surface area contributed by atoms with Crippen molar-refractivity contribution >= 4 is 27.2 Å². The molecule has 7 aromatic carbocycles. The highest BCUT2D eigenvalue weighted by atomic mass is 16.4. The molecular formula is C43H39NO5. The van der Waals surface area contributed by atoms with E-state index in [2.05, 4.69) is 92.0 Å². The number of fused-ring (bicyclic) bond motifs is 2. The molecule has 0 aliphatic rings. The van der Waals surface area contributed by atoms with E-state index in [0.717, 1.165) is 49.8 Å². The standard InChI is InChI=1S/C41H33NO5.C2H6/c1-22-30(35-23(2)29-12-5-4-9-27(29)21-33(35)31-13-6-7-14-34(31)42-3)18-17-24-15-16-26(20-32(22)24)25-10-8-11-28(19-25)36-37(43)39(45)41(47)40(46)38(36)44;1-2/h4-21,42-47H,1-3H3;1-2H3. The summed E-state index contributed by atoms with van der Waals surface area (Å²) in [4.78, 5) is 0. The van der Waals surface area contributed by atoms with Crippen molar-refractivity contribution in [1.29, 1.82) is 0 Å². The summed E-state index contributed by atoms with van der Waals surface area (Å²) in [7, 11) is 1.94. The Morgan fingerprint density at radius 1 is 0.429 bits per heavy atom. The first-order valence-corrected chi connectivity index (χ1v) is 16.3. The third-order valence-corrected chi connectivity index (χ3v) is 9.21. The number of aryl methyl sites for hydroxylation is 2. The van der Waals surface area contributed by atoms with Crippen LogP contribution < -0.4 is 5.32 Å². The van der Waals surface area contributed by atoms with Gasteiger partial charge in [-0.05, 0) is 104 Å². The number of phenolic OH excluding ortho intramolecular Hbond substituents is 5. The second kappa shape index (κ2) is 13.2. The fourth-order valence-electron chi connectivity index (χ4n) is 6.76. The fraction of sp³-hybridized carbons (Fsp3) is 0.116. The molecule has 0 aliphatic heterocycles. The molecule has 6 nitrogen and oxygen atoms in total. The van der Waals surface area contributed by atoms with Crippen LogP contribution in [0.5, 0.6) is 28.7 Å². The van der Waals surface area contributed by atoms with Gasteiger partial charge in [-0.2, -0.15) is 0 Å². The van der Waals surface area contributed by atoms with E-state index in [9.17, 15) is 25.5 Å². The Bertz CT molecular complexity index is 2350. The Morgan fingerprint density at radius 3 is 1.78 bits per heavy atom. The second-order valence-corrected chi connectivity index (χ2v) is 11.8. The number of hydrogen-bond acceptors (Lipinski definition) is 6. The lowest BCUT2D eigenvalue weighted by Gasteiger charge is -2.21. The van der Waals surface area contributed by atoms with Gasteiger partial charge >= 0.3 is 0 Å². The van der Waals surface area contributed by atoms with E-state index in [1.807, 2.05) is 39.1 Å². The maximum absolute atomic E-state index is 10.6. The largest absolute Gasteiger partial charge is 0.504 e.